The van der Waals surface area contributed by atoms with Crippen molar-refractivity contribution in [2.75, 3.05) is 19.0 Å². The Kier molecular flexibility index (Phi) is 6.51. The van der Waals surface area contributed by atoms with Gasteiger partial charge in [-0.15, -0.1) is 0 Å². The number of carbonyl (C=O) groups is 2. The Labute approximate surface area is 173 Å². The van der Waals surface area contributed by atoms with Gasteiger partial charge in [0.25, 0.3) is 11.8 Å². The van der Waals surface area contributed by atoms with Crippen LogP contribution in [0.1, 0.15) is 28.9 Å². The molecule has 1 aliphatic carbocycles. The number of hydrogen-bond donors (Lipinski definition) is 2. The second-order valence-corrected chi connectivity index (χ2v) is 6.56. The summed E-state index contributed by atoms with van der Waals surface area (Å²) in [7, 11) is 1.18. The number of aromatic nitrogens is 3. The number of ether oxygens (including phenoxy) is 2. The molecule has 1 aliphatic rings. The van der Waals surface area contributed by atoms with Crippen LogP contribution in [0.3, 0.4) is 0 Å². The largest absolute Gasteiger partial charge is 0.481 e. The number of nitrogens with one attached hydrogen (secondary N) is 2. The summed E-state index contributed by atoms with van der Waals surface area (Å²) >= 11 is 0. The number of alkyl halides is 3. The van der Waals surface area contributed by atoms with Gasteiger partial charge in [-0.1, -0.05) is 0 Å². The van der Waals surface area contributed by atoms with Gasteiger partial charge in [-0.2, -0.15) is 18.2 Å². The van der Waals surface area contributed by atoms with E-state index in [1.807, 2.05) is 0 Å². The Hall–Kier alpha value is -3.51. The normalized spacial score (nSPS) is 13.5. The van der Waals surface area contributed by atoms with Gasteiger partial charge in [-0.25, -0.2) is 14.4 Å². The molecule has 0 saturated heterocycles. The van der Waals surface area contributed by atoms with Crippen LogP contribution in [-0.2, 0) is 11.3 Å². The third-order valence-corrected chi connectivity index (χ3v) is 4.06. The third kappa shape index (κ3) is 6.23. The van der Waals surface area contributed by atoms with Crippen molar-refractivity contribution < 1.29 is 36.6 Å². The highest BCUT2D eigenvalue weighted by molar-refractivity contribution is 5.94. The fourth-order valence-electron chi connectivity index (χ4n) is 2.42. The number of carbonyl (C=O) groups excluding carboxylic acids is 2. The molecule has 0 aliphatic heterocycles. The molecule has 2 aromatic rings. The van der Waals surface area contributed by atoms with Gasteiger partial charge in [0.1, 0.15) is 5.69 Å². The lowest BCUT2D eigenvalue weighted by atomic mass is 10.2. The maximum Gasteiger partial charge on any atom is 0.422 e. The van der Waals surface area contributed by atoms with Crippen molar-refractivity contribution in [1.29, 1.82) is 0 Å². The van der Waals surface area contributed by atoms with Gasteiger partial charge < -0.3 is 14.8 Å². The van der Waals surface area contributed by atoms with Gasteiger partial charge in [-0.05, 0) is 25.0 Å². The van der Waals surface area contributed by atoms with Crippen molar-refractivity contribution in [3.8, 4) is 11.8 Å². The molecule has 166 valence electrons. The van der Waals surface area contributed by atoms with Crippen LogP contribution in [0.4, 0.5) is 23.5 Å². The zero-order chi connectivity index (χ0) is 22.6. The van der Waals surface area contributed by atoms with E-state index in [0.717, 1.165) is 18.9 Å². The summed E-state index contributed by atoms with van der Waals surface area (Å²) in [6.45, 7) is -1.98. The molecule has 1 saturated carbocycles. The van der Waals surface area contributed by atoms with Gasteiger partial charge in [0.05, 0.1) is 7.11 Å². The lowest BCUT2D eigenvalue weighted by Gasteiger charge is -2.13. The molecular formula is C18H17F4N5O4. The molecule has 0 aromatic carbocycles. The van der Waals surface area contributed by atoms with Crippen molar-refractivity contribution in [3.05, 3.63) is 35.4 Å². The van der Waals surface area contributed by atoms with Crippen molar-refractivity contribution in [2.45, 2.75) is 25.6 Å². The summed E-state index contributed by atoms with van der Waals surface area (Å²) in [6, 6.07) is 2.16. The number of halogens is 4. The Balaban J connectivity index is 1.65. The van der Waals surface area contributed by atoms with Crippen molar-refractivity contribution in [2.24, 2.45) is 5.92 Å². The Morgan fingerprint density at radius 3 is 2.61 bits per heavy atom. The van der Waals surface area contributed by atoms with Gasteiger partial charge in [-0.3, -0.25) is 14.9 Å². The maximum absolute atomic E-state index is 14.0. The van der Waals surface area contributed by atoms with Crippen molar-refractivity contribution in [3.63, 3.8) is 0 Å². The predicted octanol–water partition coefficient (Wildman–Crippen LogP) is 2.24. The van der Waals surface area contributed by atoms with E-state index in [0.29, 0.717) is 0 Å². The minimum absolute atomic E-state index is 0.0268. The summed E-state index contributed by atoms with van der Waals surface area (Å²) in [5.74, 6) is -3.24. The molecule has 0 spiro atoms. The van der Waals surface area contributed by atoms with Crippen LogP contribution in [0, 0.1) is 11.7 Å². The summed E-state index contributed by atoms with van der Waals surface area (Å²) < 4.78 is 60.1. The highest BCUT2D eigenvalue weighted by Gasteiger charge is 2.31. The molecule has 0 unspecified atom stereocenters. The Morgan fingerprint density at radius 2 is 1.97 bits per heavy atom. The van der Waals surface area contributed by atoms with E-state index < -0.39 is 30.4 Å². The SMILES string of the molecule is COc1nc(OCC(F)(F)F)c(F)cc1CNC(=O)c1ccnc(NC(=O)C2CC2)n1. The van der Waals surface area contributed by atoms with Gasteiger partial charge >= 0.3 is 6.18 Å². The molecule has 1 fully saturated rings. The Morgan fingerprint density at radius 1 is 1.23 bits per heavy atom. The zero-order valence-electron chi connectivity index (χ0n) is 16.1. The quantitative estimate of drug-likeness (QED) is 0.602. The van der Waals surface area contributed by atoms with E-state index in [1.54, 1.807) is 0 Å². The average molecular weight is 443 g/mol. The molecule has 2 heterocycles. The Bertz CT molecular complexity index is 982. The molecular weight excluding hydrogens is 426 g/mol. The molecule has 2 amide bonds. The fourth-order valence-corrected chi connectivity index (χ4v) is 2.42. The molecule has 0 atom stereocenters. The van der Waals surface area contributed by atoms with E-state index >= 15 is 0 Å². The third-order valence-electron chi connectivity index (χ3n) is 4.06. The lowest BCUT2D eigenvalue weighted by Crippen LogP contribution is -2.25. The number of rotatable bonds is 8. The second kappa shape index (κ2) is 9.10. The van der Waals surface area contributed by atoms with Crippen LogP contribution in [0.25, 0.3) is 0 Å². The predicted molar refractivity (Wildman–Crippen MR) is 96.9 cm³/mol. The maximum atomic E-state index is 14.0. The first-order chi connectivity index (χ1) is 14.7. The molecule has 13 heteroatoms. The van der Waals surface area contributed by atoms with E-state index in [1.165, 1.54) is 19.4 Å². The minimum Gasteiger partial charge on any atom is -0.481 e. The minimum atomic E-state index is -4.66. The number of pyridine rings is 1. The van der Waals surface area contributed by atoms with Gasteiger partial charge in [0, 0.05) is 24.2 Å². The molecule has 3 rings (SSSR count). The second-order valence-electron chi connectivity index (χ2n) is 6.56. The standard InChI is InChI=1S/C18H17F4N5O4/c1-30-15-10(6-11(19)16(27-15)31-8-18(20,21)22)7-24-14(29)12-4-5-23-17(25-12)26-13(28)9-2-3-9/h4-6,9H,2-3,7-8H2,1H3,(H,24,29)(H,23,25,26,28). The summed E-state index contributed by atoms with van der Waals surface area (Å²) in [6.07, 6.45) is -1.79. The molecule has 9 nitrogen and oxygen atoms in total. The van der Waals surface area contributed by atoms with E-state index in [-0.39, 0.29) is 41.5 Å². The van der Waals surface area contributed by atoms with Gasteiger partial charge in [0.2, 0.25) is 17.7 Å². The zero-order valence-corrected chi connectivity index (χ0v) is 16.1. The number of methoxy groups -OCH3 is 1. The molecule has 2 N–H and O–H groups in total. The molecule has 0 bridgehead atoms. The smallest absolute Gasteiger partial charge is 0.422 e. The molecule has 2 aromatic heterocycles. The fraction of sp³-hybridized carbons (Fsp3) is 0.389. The highest BCUT2D eigenvalue weighted by Crippen LogP contribution is 2.29. The van der Waals surface area contributed by atoms with Crippen molar-refractivity contribution >= 4 is 17.8 Å². The first kappa shape index (κ1) is 22.2. The number of amides is 2. The van der Waals surface area contributed by atoms with E-state index in [9.17, 15) is 27.2 Å². The first-order valence-corrected chi connectivity index (χ1v) is 9.01. The number of nitrogens with zero attached hydrogens (tertiary/aromatic N) is 3. The van der Waals surface area contributed by atoms with Crippen LogP contribution < -0.4 is 20.1 Å². The number of anilines is 1. The summed E-state index contributed by atoms with van der Waals surface area (Å²) in [5, 5.41) is 4.97. The van der Waals surface area contributed by atoms with Crippen LogP contribution in [0.2, 0.25) is 0 Å². The molecule has 0 radical (unpaired) electrons. The summed E-state index contributed by atoms with van der Waals surface area (Å²) in [4.78, 5) is 35.5. The molecule has 31 heavy (non-hydrogen) atoms. The highest BCUT2D eigenvalue weighted by atomic mass is 19.4. The van der Waals surface area contributed by atoms with Gasteiger partial charge in [0.15, 0.2) is 12.4 Å². The average Bonchev–Trinajstić information content (AvgIpc) is 3.56. The van der Waals surface area contributed by atoms with Crippen LogP contribution in [0.15, 0.2) is 18.3 Å². The first-order valence-electron chi connectivity index (χ1n) is 9.01. The van der Waals surface area contributed by atoms with Crippen LogP contribution >= 0.6 is 0 Å². The lowest BCUT2D eigenvalue weighted by molar-refractivity contribution is -0.154. The number of hydrogen-bond acceptors (Lipinski definition) is 7. The van der Waals surface area contributed by atoms with Crippen molar-refractivity contribution in [1.82, 2.24) is 20.3 Å². The van der Waals surface area contributed by atoms with Crippen LogP contribution in [0.5, 0.6) is 11.8 Å². The summed E-state index contributed by atoms with van der Waals surface area (Å²) in [5.41, 5.74) is 0.00245. The van der Waals surface area contributed by atoms with Crippen LogP contribution in [-0.4, -0.2) is 46.7 Å². The monoisotopic (exact) mass is 443 g/mol. The van der Waals surface area contributed by atoms with E-state index in [2.05, 4.69) is 30.3 Å². The topological polar surface area (TPSA) is 115 Å². The van der Waals surface area contributed by atoms with E-state index in [4.69, 9.17) is 4.74 Å².